The highest BCUT2D eigenvalue weighted by molar-refractivity contribution is 7.54. The second-order valence-corrected chi connectivity index (χ2v) is 6.24. The van der Waals surface area contributed by atoms with Gasteiger partial charge >= 0.3 is 7.60 Å². The van der Waals surface area contributed by atoms with Crippen molar-refractivity contribution in [1.29, 1.82) is 0 Å². The van der Waals surface area contributed by atoms with E-state index in [4.69, 9.17) is 20.6 Å². The van der Waals surface area contributed by atoms with Gasteiger partial charge in [0.2, 0.25) is 0 Å². The summed E-state index contributed by atoms with van der Waals surface area (Å²) < 4.78 is 23.6. The van der Waals surface area contributed by atoms with Crippen LogP contribution in [0.15, 0.2) is 60.7 Å². The van der Waals surface area contributed by atoms with Crippen molar-refractivity contribution in [2.24, 2.45) is 0 Å². The monoisotopic (exact) mass is 296 g/mol. The molecule has 0 bridgehead atoms. The van der Waals surface area contributed by atoms with Crippen LogP contribution in [0.1, 0.15) is 0 Å². The van der Waals surface area contributed by atoms with Crippen LogP contribution in [0, 0.1) is 0 Å². The third kappa shape index (κ3) is 4.30. The Kier molecular flexibility index (Phi) is 4.89. The molecule has 0 saturated carbocycles. The van der Waals surface area contributed by atoms with Crippen LogP contribution < -0.4 is 9.05 Å². The Morgan fingerprint density at radius 2 is 1.26 bits per heavy atom. The molecule has 2 aromatic carbocycles. The Bertz CT molecular complexity index is 500. The van der Waals surface area contributed by atoms with Crippen LogP contribution in [-0.2, 0) is 4.57 Å². The van der Waals surface area contributed by atoms with Crippen LogP contribution in [-0.4, -0.2) is 12.0 Å². The van der Waals surface area contributed by atoms with Crippen molar-refractivity contribution in [1.82, 2.24) is 0 Å². The number of halogens is 1. The van der Waals surface area contributed by atoms with E-state index in [1.54, 1.807) is 24.3 Å². The van der Waals surface area contributed by atoms with Crippen molar-refractivity contribution in [3.8, 4) is 11.5 Å². The highest BCUT2D eigenvalue weighted by Gasteiger charge is 2.27. The highest BCUT2D eigenvalue weighted by Crippen LogP contribution is 2.48. The van der Waals surface area contributed by atoms with Gasteiger partial charge in [0.25, 0.3) is 0 Å². The van der Waals surface area contributed by atoms with Crippen LogP contribution in [0.3, 0.4) is 0 Å². The summed E-state index contributed by atoms with van der Waals surface area (Å²) in [5.74, 6) is 1.22. The number of para-hydroxylation sites is 2. The predicted molar refractivity (Wildman–Crippen MR) is 77.3 cm³/mol. The minimum absolute atomic E-state index is 0.151. The molecule has 0 aromatic heterocycles. The summed E-state index contributed by atoms with van der Waals surface area (Å²) in [6, 6.07) is 17.9. The molecule has 0 fully saturated rings. The largest absolute Gasteiger partial charge is 0.431 e. The van der Waals surface area contributed by atoms with Crippen molar-refractivity contribution in [2.45, 2.75) is 0 Å². The Labute approximate surface area is 117 Å². The van der Waals surface area contributed by atoms with E-state index in [0.717, 1.165) is 0 Å². The topological polar surface area (TPSA) is 35.5 Å². The molecule has 5 heteroatoms. The van der Waals surface area contributed by atoms with Gasteiger partial charge in [-0.1, -0.05) is 36.4 Å². The van der Waals surface area contributed by atoms with Gasteiger partial charge < -0.3 is 9.05 Å². The molecule has 0 aliphatic rings. The van der Waals surface area contributed by atoms with Crippen molar-refractivity contribution in [2.75, 3.05) is 12.0 Å². The number of rotatable bonds is 6. The molecule has 0 saturated heterocycles. The molecular weight excluding hydrogens is 283 g/mol. The Morgan fingerprint density at radius 3 is 1.63 bits per heavy atom. The molecule has 0 N–H and O–H groups in total. The maximum absolute atomic E-state index is 12.6. The van der Waals surface area contributed by atoms with Gasteiger partial charge in [-0.15, -0.1) is 11.6 Å². The van der Waals surface area contributed by atoms with E-state index in [1.165, 1.54) is 0 Å². The molecule has 0 radical (unpaired) electrons. The summed E-state index contributed by atoms with van der Waals surface area (Å²) in [6.45, 7) is 0. The van der Waals surface area contributed by atoms with E-state index in [9.17, 15) is 4.57 Å². The summed E-state index contributed by atoms with van der Waals surface area (Å²) in [5.41, 5.74) is 0. The first-order valence-electron chi connectivity index (χ1n) is 5.86. The van der Waals surface area contributed by atoms with Crippen LogP contribution in [0.2, 0.25) is 0 Å². The molecule has 2 rings (SSSR count). The van der Waals surface area contributed by atoms with E-state index in [2.05, 4.69) is 0 Å². The molecule has 0 spiro atoms. The number of benzene rings is 2. The Morgan fingerprint density at radius 1 is 0.842 bits per heavy atom. The van der Waals surface area contributed by atoms with Gasteiger partial charge in [-0.2, -0.15) is 0 Å². The fourth-order valence-corrected chi connectivity index (χ4v) is 3.43. The standard InChI is InChI=1S/C14H14ClO3P/c15-11-12-19(16,17-13-7-3-1-4-8-13)18-14-9-5-2-6-10-14/h1-10H,11-12H2. The van der Waals surface area contributed by atoms with E-state index >= 15 is 0 Å². The van der Waals surface area contributed by atoms with Gasteiger partial charge in [0, 0.05) is 5.88 Å². The maximum Gasteiger partial charge on any atom is 0.431 e. The van der Waals surface area contributed by atoms with Crippen LogP contribution >= 0.6 is 19.2 Å². The Balaban J connectivity index is 2.16. The molecule has 0 unspecified atom stereocenters. The van der Waals surface area contributed by atoms with Crippen molar-refractivity contribution in [3.05, 3.63) is 60.7 Å². The first kappa shape index (κ1) is 14.0. The lowest BCUT2D eigenvalue weighted by Crippen LogP contribution is -2.06. The normalized spacial score (nSPS) is 11.0. The lowest BCUT2D eigenvalue weighted by atomic mass is 10.3. The second-order valence-electron chi connectivity index (χ2n) is 3.83. The van der Waals surface area contributed by atoms with Gasteiger partial charge in [0.15, 0.2) is 0 Å². The highest BCUT2D eigenvalue weighted by atomic mass is 35.5. The molecule has 100 valence electrons. The van der Waals surface area contributed by atoms with Gasteiger partial charge in [0.1, 0.15) is 11.5 Å². The third-order valence-corrected chi connectivity index (χ3v) is 4.54. The molecule has 0 aliphatic heterocycles. The fraction of sp³-hybridized carbons (Fsp3) is 0.143. The minimum Gasteiger partial charge on any atom is -0.416 e. The average molecular weight is 297 g/mol. The summed E-state index contributed by atoms with van der Waals surface area (Å²) in [4.78, 5) is 0. The van der Waals surface area contributed by atoms with E-state index in [-0.39, 0.29) is 12.0 Å². The van der Waals surface area contributed by atoms with Crippen molar-refractivity contribution in [3.63, 3.8) is 0 Å². The third-order valence-electron chi connectivity index (χ3n) is 2.33. The van der Waals surface area contributed by atoms with E-state index in [1.807, 2.05) is 36.4 Å². The van der Waals surface area contributed by atoms with Crippen LogP contribution in [0.5, 0.6) is 11.5 Å². The molecule has 0 atom stereocenters. The summed E-state index contributed by atoms with van der Waals surface area (Å²) in [6.07, 6.45) is 0.151. The SMILES string of the molecule is O=P(CCCl)(Oc1ccccc1)Oc1ccccc1. The summed E-state index contributed by atoms with van der Waals surface area (Å²) in [7, 11) is -3.30. The van der Waals surface area contributed by atoms with Gasteiger partial charge in [-0.05, 0) is 24.3 Å². The summed E-state index contributed by atoms with van der Waals surface area (Å²) >= 11 is 5.69. The number of hydrogen-bond acceptors (Lipinski definition) is 3. The molecule has 0 amide bonds. The van der Waals surface area contributed by atoms with E-state index in [0.29, 0.717) is 11.5 Å². The lowest BCUT2D eigenvalue weighted by molar-refractivity contribution is 0.388. The minimum atomic E-state index is -3.30. The zero-order chi connectivity index (χ0) is 13.6. The average Bonchev–Trinajstić information content (AvgIpc) is 2.41. The number of hydrogen-bond donors (Lipinski definition) is 0. The smallest absolute Gasteiger partial charge is 0.416 e. The number of alkyl halides is 1. The first-order chi connectivity index (χ1) is 9.22. The van der Waals surface area contributed by atoms with Crippen molar-refractivity contribution >= 4 is 19.2 Å². The Hall–Kier alpha value is -1.44. The van der Waals surface area contributed by atoms with Crippen LogP contribution in [0.25, 0.3) is 0 Å². The predicted octanol–water partition coefficient (Wildman–Crippen LogP) is 4.58. The van der Waals surface area contributed by atoms with Crippen molar-refractivity contribution < 1.29 is 13.6 Å². The molecular formula is C14H14ClO3P. The molecule has 2 aromatic rings. The maximum atomic E-state index is 12.6. The quantitative estimate of drug-likeness (QED) is 0.578. The molecule has 0 heterocycles. The van der Waals surface area contributed by atoms with Gasteiger partial charge in [-0.25, -0.2) is 4.57 Å². The van der Waals surface area contributed by atoms with Gasteiger partial charge in [-0.3, -0.25) is 0 Å². The van der Waals surface area contributed by atoms with Gasteiger partial charge in [0.05, 0.1) is 6.16 Å². The lowest BCUT2D eigenvalue weighted by Gasteiger charge is -2.19. The first-order valence-corrected chi connectivity index (χ1v) is 8.12. The fourth-order valence-electron chi connectivity index (χ4n) is 1.50. The zero-order valence-corrected chi connectivity index (χ0v) is 11.9. The van der Waals surface area contributed by atoms with E-state index < -0.39 is 7.60 Å². The molecule has 3 nitrogen and oxygen atoms in total. The molecule has 0 aliphatic carbocycles. The van der Waals surface area contributed by atoms with Crippen LogP contribution in [0.4, 0.5) is 0 Å². The zero-order valence-electron chi connectivity index (χ0n) is 10.2. The molecule has 19 heavy (non-hydrogen) atoms. The second kappa shape index (κ2) is 6.65. The summed E-state index contributed by atoms with van der Waals surface area (Å²) in [5, 5.41) is 0.